The average Bonchev–Trinajstić information content (AvgIpc) is 2.69. The molecule has 0 amide bonds. The summed E-state index contributed by atoms with van der Waals surface area (Å²) in [6.07, 6.45) is -2.67. The highest BCUT2D eigenvalue weighted by Crippen LogP contribution is 2.37. The number of anilines is 1. The fraction of sp³-hybridized carbons (Fsp3) is 0.278. The first kappa shape index (κ1) is 21.1. The van der Waals surface area contributed by atoms with Crippen molar-refractivity contribution in [1.29, 1.82) is 0 Å². The van der Waals surface area contributed by atoms with Crippen LogP contribution in [-0.4, -0.2) is 27.1 Å². The van der Waals surface area contributed by atoms with Gasteiger partial charge < -0.3 is 11.1 Å². The van der Waals surface area contributed by atoms with E-state index < -0.39 is 30.0 Å². The minimum Gasteiger partial charge on any atom is -0.364 e. The fourth-order valence-corrected chi connectivity index (χ4v) is 3.58. The van der Waals surface area contributed by atoms with Gasteiger partial charge in [-0.25, -0.2) is 22.9 Å². The van der Waals surface area contributed by atoms with Crippen LogP contribution in [0, 0.1) is 5.82 Å². The highest BCUT2D eigenvalue weighted by atomic mass is 79.9. The van der Waals surface area contributed by atoms with Crippen molar-refractivity contribution in [3.05, 3.63) is 54.9 Å². The Bertz CT molecular complexity index is 1220. The second-order valence-electron chi connectivity index (χ2n) is 6.32. The number of hydrogen-bond acceptors (Lipinski definition) is 5. The number of nitrogens with one attached hydrogen (secondary N) is 1. The third-order valence-electron chi connectivity index (χ3n) is 4.51. The van der Waals surface area contributed by atoms with Gasteiger partial charge in [0.2, 0.25) is 0 Å². The number of halogens is 4. The monoisotopic (exact) mass is 471 g/mol. The van der Waals surface area contributed by atoms with Crippen molar-refractivity contribution < 1.29 is 13.2 Å². The molecule has 3 rings (SSSR count). The maximum absolute atomic E-state index is 14.0. The molecule has 0 bridgehead atoms. The number of alkyl halides is 2. The molecule has 2 aromatic heterocycles. The van der Waals surface area contributed by atoms with Gasteiger partial charge in [0.1, 0.15) is 11.6 Å². The summed E-state index contributed by atoms with van der Waals surface area (Å²) in [5.41, 5.74) is 5.31. The number of nitrogens with zero attached hydrogens (tertiary/aromatic N) is 3. The Balaban J connectivity index is 2.56. The van der Waals surface area contributed by atoms with E-state index in [1.54, 1.807) is 0 Å². The zero-order chi connectivity index (χ0) is 21.5. The van der Waals surface area contributed by atoms with Crippen molar-refractivity contribution in [3.8, 4) is 11.1 Å². The largest absolute Gasteiger partial charge is 0.364 e. The molecule has 0 saturated heterocycles. The molecule has 11 heteroatoms. The molecule has 0 spiro atoms. The van der Waals surface area contributed by atoms with Crippen LogP contribution in [0.25, 0.3) is 22.2 Å². The van der Waals surface area contributed by atoms with Crippen molar-refractivity contribution in [1.82, 2.24) is 14.1 Å². The number of aryl methyl sites for hydroxylation is 1. The summed E-state index contributed by atoms with van der Waals surface area (Å²) in [5, 5.41) is 2.54. The van der Waals surface area contributed by atoms with E-state index in [1.807, 2.05) is 0 Å². The summed E-state index contributed by atoms with van der Waals surface area (Å²) in [6, 6.07) is 3.87. The molecular weight excluding hydrogens is 455 g/mol. The molecule has 154 valence electrons. The van der Waals surface area contributed by atoms with Gasteiger partial charge in [0.05, 0.1) is 11.9 Å². The molecule has 0 fully saturated rings. The zero-order valence-corrected chi connectivity index (χ0v) is 17.1. The van der Waals surface area contributed by atoms with Gasteiger partial charge >= 0.3 is 5.69 Å². The van der Waals surface area contributed by atoms with Crippen molar-refractivity contribution in [2.45, 2.75) is 13.0 Å². The molecule has 0 unspecified atom stereocenters. The van der Waals surface area contributed by atoms with Crippen LogP contribution < -0.4 is 22.3 Å². The predicted molar refractivity (Wildman–Crippen MR) is 108 cm³/mol. The van der Waals surface area contributed by atoms with E-state index in [-0.39, 0.29) is 40.1 Å². The van der Waals surface area contributed by atoms with Crippen molar-refractivity contribution in [2.75, 3.05) is 11.9 Å². The maximum Gasteiger partial charge on any atom is 0.332 e. The summed E-state index contributed by atoms with van der Waals surface area (Å²) in [4.78, 5) is 29.5. The van der Waals surface area contributed by atoms with E-state index in [2.05, 4.69) is 26.2 Å². The molecule has 0 aliphatic rings. The summed E-state index contributed by atoms with van der Waals surface area (Å²) < 4.78 is 42.1. The Morgan fingerprint density at radius 3 is 2.55 bits per heavy atom. The number of rotatable bonds is 5. The Hall–Kier alpha value is -2.66. The summed E-state index contributed by atoms with van der Waals surface area (Å²) in [6.45, 7) is -0.882. The van der Waals surface area contributed by atoms with Crippen molar-refractivity contribution >= 4 is 32.8 Å². The molecule has 2 heterocycles. The lowest BCUT2D eigenvalue weighted by atomic mass is 9.97. The van der Waals surface area contributed by atoms with Crippen LogP contribution >= 0.6 is 15.9 Å². The first-order chi connectivity index (χ1) is 13.7. The highest BCUT2D eigenvalue weighted by molar-refractivity contribution is 9.10. The first-order valence-corrected chi connectivity index (χ1v) is 9.26. The predicted octanol–water partition coefficient (Wildman–Crippen LogP) is 2.34. The smallest absolute Gasteiger partial charge is 0.332 e. The van der Waals surface area contributed by atoms with Crippen molar-refractivity contribution in [2.24, 2.45) is 19.8 Å². The molecule has 3 N–H and O–H groups in total. The highest BCUT2D eigenvalue weighted by Gasteiger charge is 2.23. The summed E-state index contributed by atoms with van der Waals surface area (Å²) >= 11 is 3.33. The SMILES string of the molecule is Cn1c(=O)c2c(-c3cc(F)ccc3Br)c(CN)c(NCC(F)F)nc2n(C)c1=O. The molecule has 7 nitrogen and oxygen atoms in total. The number of pyridine rings is 1. The van der Waals surface area contributed by atoms with Crippen LogP contribution in [0.15, 0.2) is 32.3 Å². The van der Waals surface area contributed by atoms with Crippen LogP contribution in [0.5, 0.6) is 0 Å². The quantitative estimate of drug-likeness (QED) is 0.595. The van der Waals surface area contributed by atoms with Crippen LogP contribution in [0.3, 0.4) is 0 Å². The Labute approximate surface area is 171 Å². The van der Waals surface area contributed by atoms with Crippen LogP contribution in [0.2, 0.25) is 0 Å². The van der Waals surface area contributed by atoms with Crippen LogP contribution in [-0.2, 0) is 20.6 Å². The van der Waals surface area contributed by atoms with Gasteiger partial charge in [-0.05, 0) is 18.2 Å². The maximum atomic E-state index is 14.0. The Kier molecular flexibility index (Phi) is 5.80. The minimum atomic E-state index is -2.67. The minimum absolute atomic E-state index is 0.00489. The van der Waals surface area contributed by atoms with Crippen molar-refractivity contribution in [3.63, 3.8) is 0 Å². The van der Waals surface area contributed by atoms with Gasteiger partial charge in [0.25, 0.3) is 12.0 Å². The number of fused-ring (bicyclic) bond motifs is 1. The molecule has 0 atom stereocenters. The van der Waals surface area contributed by atoms with Gasteiger partial charge in [-0.3, -0.25) is 13.9 Å². The van der Waals surface area contributed by atoms with Crippen LogP contribution in [0.4, 0.5) is 19.0 Å². The second-order valence-corrected chi connectivity index (χ2v) is 7.17. The lowest BCUT2D eigenvalue weighted by Crippen LogP contribution is -2.38. The lowest BCUT2D eigenvalue weighted by molar-refractivity contribution is 0.163. The lowest BCUT2D eigenvalue weighted by Gasteiger charge is -2.19. The van der Waals surface area contributed by atoms with Crippen LogP contribution in [0.1, 0.15) is 5.56 Å². The molecular formula is C18H17BrF3N5O2. The van der Waals surface area contributed by atoms with E-state index >= 15 is 0 Å². The third-order valence-corrected chi connectivity index (χ3v) is 5.21. The van der Waals surface area contributed by atoms with E-state index in [0.29, 0.717) is 4.47 Å². The van der Waals surface area contributed by atoms with Gasteiger partial charge in [0.15, 0.2) is 5.65 Å². The van der Waals surface area contributed by atoms with Gasteiger partial charge in [-0.15, -0.1) is 0 Å². The average molecular weight is 472 g/mol. The summed E-state index contributed by atoms with van der Waals surface area (Å²) in [5.74, 6) is -0.574. The van der Waals surface area contributed by atoms with Gasteiger partial charge in [-0.1, -0.05) is 15.9 Å². The Morgan fingerprint density at radius 2 is 1.93 bits per heavy atom. The van der Waals surface area contributed by atoms with Gasteiger partial charge in [0, 0.05) is 41.8 Å². The number of benzene rings is 1. The van der Waals surface area contributed by atoms with E-state index in [0.717, 1.165) is 9.13 Å². The molecule has 0 saturated carbocycles. The van der Waals surface area contributed by atoms with Gasteiger partial charge in [-0.2, -0.15) is 0 Å². The zero-order valence-electron chi connectivity index (χ0n) is 15.5. The number of hydrogen-bond donors (Lipinski definition) is 2. The van der Waals surface area contributed by atoms with E-state index in [1.165, 1.54) is 32.3 Å². The first-order valence-electron chi connectivity index (χ1n) is 8.47. The number of aromatic nitrogens is 3. The number of nitrogens with two attached hydrogens (primary N) is 1. The molecule has 0 aliphatic heterocycles. The molecule has 0 radical (unpaired) electrons. The standard InChI is InChI=1S/C18H17BrF3N5O2/c1-26-16-14(17(28)27(2)18(26)29)13(9-5-8(20)3-4-11(9)19)10(6-23)15(25-16)24-7-12(21)22/h3-5,12H,6-7,23H2,1-2H3,(H,24,25). The molecule has 1 aromatic carbocycles. The fourth-order valence-electron chi connectivity index (χ4n) is 3.13. The van der Waals surface area contributed by atoms with E-state index in [4.69, 9.17) is 5.73 Å². The van der Waals surface area contributed by atoms with E-state index in [9.17, 15) is 22.8 Å². The third kappa shape index (κ3) is 3.67. The summed E-state index contributed by atoms with van der Waals surface area (Å²) in [7, 11) is 2.71. The normalized spacial score (nSPS) is 11.4. The molecule has 0 aliphatic carbocycles. The topological polar surface area (TPSA) is 94.9 Å². The Morgan fingerprint density at radius 1 is 1.24 bits per heavy atom. The second kappa shape index (κ2) is 7.99. The molecule has 3 aromatic rings. The molecule has 29 heavy (non-hydrogen) atoms.